The van der Waals surface area contributed by atoms with Crippen molar-refractivity contribution in [3.63, 3.8) is 0 Å². The van der Waals surface area contributed by atoms with E-state index in [9.17, 15) is 8.42 Å². The summed E-state index contributed by atoms with van der Waals surface area (Å²) in [6, 6.07) is -0.143. The van der Waals surface area contributed by atoms with E-state index < -0.39 is 9.84 Å². The second-order valence-corrected chi connectivity index (χ2v) is 8.16. The Hall–Kier alpha value is -0.0700. The Balaban J connectivity index is 2.06. The number of rotatable bonds is 7. The summed E-state index contributed by atoms with van der Waals surface area (Å²) in [5.74, 6) is 1.14. The number of sulfone groups is 1. The van der Waals surface area contributed by atoms with Crippen molar-refractivity contribution in [2.75, 3.05) is 11.5 Å². The van der Waals surface area contributed by atoms with E-state index >= 15 is 0 Å². The third kappa shape index (κ3) is 6.75. The minimum absolute atomic E-state index is 0.129. The molecular formula is C12H21NO2S3. The smallest absolute Gasteiger partial charge is 0.173 e. The molecule has 18 heavy (non-hydrogen) atoms. The van der Waals surface area contributed by atoms with Gasteiger partial charge in [0.05, 0.1) is 11.8 Å². The van der Waals surface area contributed by atoms with Gasteiger partial charge in [-0.05, 0) is 12.5 Å². The first-order valence-corrected chi connectivity index (χ1v) is 9.48. The quantitative estimate of drug-likeness (QED) is 0.579. The molecule has 0 aromatic rings. The first-order chi connectivity index (χ1) is 8.53. The van der Waals surface area contributed by atoms with E-state index in [1.807, 2.05) is 0 Å². The zero-order valence-corrected chi connectivity index (χ0v) is 13.2. The third-order valence-corrected chi connectivity index (χ3v) is 5.45. The zero-order valence-electron chi connectivity index (χ0n) is 10.7. The average molecular weight is 308 g/mol. The topological polar surface area (TPSA) is 46.2 Å². The van der Waals surface area contributed by atoms with E-state index in [0.717, 1.165) is 5.75 Å². The normalized spacial score (nSPS) is 21.1. The molecule has 1 heterocycles. The minimum atomic E-state index is -2.99. The van der Waals surface area contributed by atoms with Crippen LogP contribution in [0, 0.1) is 0 Å². The van der Waals surface area contributed by atoms with Crippen LogP contribution in [-0.2, 0) is 9.84 Å². The number of unbranched alkanes of at least 4 members (excludes halogenated alkanes) is 4. The number of hydrogen-bond acceptors (Lipinski definition) is 4. The monoisotopic (exact) mass is 307 g/mol. The predicted molar refractivity (Wildman–Crippen MR) is 83.7 cm³/mol. The summed E-state index contributed by atoms with van der Waals surface area (Å²) in [6.07, 6.45) is 7.95. The van der Waals surface area contributed by atoms with Crippen LogP contribution >= 0.6 is 24.0 Å². The summed E-state index contributed by atoms with van der Waals surface area (Å²) in [5.41, 5.74) is 0. The van der Waals surface area contributed by atoms with Crippen LogP contribution in [0.4, 0.5) is 0 Å². The molecule has 1 unspecified atom stereocenters. The van der Waals surface area contributed by atoms with Crippen LogP contribution in [0.15, 0.2) is 11.5 Å². The molecule has 0 aromatic heterocycles. The van der Waals surface area contributed by atoms with Crippen molar-refractivity contribution in [3.05, 3.63) is 11.5 Å². The summed E-state index contributed by atoms with van der Waals surface area (Å²) in [5, 5.41) is 4.33. The molecule has 0 bridgehead atoms. The highest BCUT2D eigenvalue weighted by Gasteiger charge is 2.21. The molecule has 1 atom stereocenters. The summed E-state index contributed by atoms with van der Waals surface area (Å²) in [4.78, 5) is 0. The summed E-state index contributed by atoms with van der Waals surface area (Å²) < 4.78 is 23.1. The Morgan fingerprint density at radius 2 is 2.11 bits per heavy atom. The SMILES string of the molecule is CCCCCCCSC(=S)NC1C=CS(=O)(=O)C1. The van der Waals surface area contributed by atoms with Crippen LogP contribution in [-0.4, -0.2) is 30.3 Å². The highest BCUT2D eigenvalue weighted by molar-refractivity contribution is 8.22. The Labute approximate surface area is 120 Å². The molecule has 0 aromatic carbocycles. The van der Waals surface area contributed by atoms with Crippen LogP contribution in [0.3, 0.4) is 0 Å². The molecule has 3 nitrogen and oxygen atoms in total. The lowest BCUT2D eigenvalue weighted by Crippen LogP contribution is -2.32. The number of hydrogen-bond donors (Lipinski definition) is 1. The highest BCUT2D eigenvalue weighted by Crippen LogP contribution is 2.13. The maximum atomic E-state index is 11.2. The maximum absolute atomic E-state index is 11.2. The molecule has 0 saturated heterocycles. The highest BCUT2D eigenvalue weighted by atomic mass is 32.2. The second-order valence-electron chi connectivity index (χ2n) is 4.46. The van der Waals surface area contributed by atoms with Crippen molar-refractivity contribution in [1.82, 2.24) is 5.32 Å². The molecule has 0 radical (unpaired) electrons. The fourth-order valence-electron chi connectivity index (χ4n) is 1.73. The average Bonchev–Trinajstić information content (AvgIpc) is 2.63. The molecule has 104 valence electrons. The van der Waals surface area contributed by atoms with Crippen LogP contribution < -0.4 is 5.32 Å². The molecule has 1 aliphatic heterocycles. The molecule has 0 amide bonds. The zero-order chi connectivity index (χ0) is 13.4. The standard InChI is InChI=1S/C12H21NO2S3/c1-2-3-4-5-6-8-17-12(16)13-11-7-9-18(14,15)10-11/h7,9,11H,2-6,8,10H2,1H3,(H,13,16). The van der Waals surface area contributed by atoms with E-state index in [4.69, 9.17) is 12.2 Å². The van der Waals surface area contributed by atoms with Gasteiger partial charge in [-0.15, -0.1) is 0 Å². The van der Waals surface area contributed by atoms with Crippen LogP contribution in [0.5, 0.6) is 0 Å². The molecule has 0 fully saturated rings. The number of thiocarbonyl (C=S) groups is 1. The van der Waals surface area contributed by atoms with Gasteiger partial charge in [-0.2, -0.15) is 0 Å². The van der Waals surface area contributed by atoms with Gasteiger partial charge in [-0.3, -0.25) is 0 Å². The fraction of sp³-hybridized carbons (Fsp3) is 0.750. The molecule has 1 N–H and O–H groups in total. The third-order valence-electron chi connectivity index (χ3n) is 2.71. The molecule has 1 rings (SSSR count). The van der Waals surface area contributed by atoms with E-state index in [1.165, 1.54) is 37.5 Å². The molecule has 6 heteroatoms. The van der Waals surface area contributed by atoms with E-state index in [1.54, 1.807) is 17.8 Å². The van der Waals surface area contributed by atoms with Crippen molar-refractivity contribution >= 4 is 38.1 Å². The lowest BCUT2D eigenvalue weighted by atomic mass is 10.2. The van der Waals surface area contributed by atoms with Gasteiger partial charge >= 0.3 is 0 Å². The summed E-state index contributed by atoms with van der Waals surface area (Å²) in [6.45, 7) is 2.21. The van der Waals surface area contributed by atoms with Gasteiger partial charge < -0.3 is 5.32 Å². The Morgan fingerprint density at radius 3 is 2.72 bits per heavy atom. The summed E-state index contributed by atoms with van der Waals surface area (Å²) in [7, 11) is -2.99. The fourth-order valence-corrected chi connectivity index (χ4v) is 4.13. The molecule has 0 saturated carbocycles. The van der Waals surface area contributed by atoms with Gasteiger partial charge in [0.15, 0.2) is 9.84 Å². The van der Waals surface area contributed by atoms with Crippen LogP contribution in [0.25, 0.3) is 0 Å². The van der Waals surface area contributed by atoms with Gasteiger partial charge in [0, 0.05) is 11.2 Å². The first kappa shape index (κ1) is 16.0. The van der Waals surface area contributed by atoms with Crippen molar-refractivity contribution < 1.29 is 8.42 Å². The number of nitrogens with one attached hydrogen (secondary N) is 1. The Morgan fingerprint density at radius 1 is 1.39 bits per heavy atom. The van der Waals surface area contributed by atoms with Gasteiger partial charge in [0.25, 0.3) is 0 Å². The van der Waals surface area contributed by atoms with Crippen LogP contribution in [0.1, 0.15) is 39.0 Å². The van der Waals surface area contributed by atoms with E-state index in [-0.39, 0.29) is 11.8 Å². The second kappa shape index (κ2) is 8.17. The van der Waals surface area contributed by atoms with Gasteiger partial charge in [-0.1, -0.05) is 56.6 Å². The Bertz CT molecular complexity index is 390. The van der Waals surface area contributed by atoms with Crippen molar-refractivity contribution in [1.29, 1.82) is 0 Å². The van der Waals surface area contributed by atoms with Gasteiger partial charge in [0.1, 0.15) is 4.32 Å². The molecule has 0 aliphatic carbocycles. The largest absolute Gasteiger partial charge is 0.364 e. The number of thioether (sulfide) groups is 1. The lowest BCUT2D eigenvalue weighted by molar-refractivity contribution is 0.603. The van der Waals surface area contributed by atoms with Crippen molar-refractivity contribution in [2.24, 2.45) is 0 Å². The van der Waals surface area contributed by atoms with Gasteiger partial charge in [0.2, 0.25) is 0 Å². The Kier molecular flexibility index (Phi) is 7.26. The maximum Gasteiger partial charge on any atom is 0.173 e. The lowest BCUT2D eigenvalue weighted by Gasteiger charge is -2.11. The van der Waals surface area contributed by atoms with Crippen molar-refractivity contribution in [3.8, 4) is 0 Å². The van der Waals surface area contributed by atoms with Gasteiger partial charge in [-0.25, -0.2) is 8.42 Å². The molecule has 0 spiro atoms. The first-order valence-electron chi connectivity index (χ1n) is 6.38. The molecule has 1 aliphatic rings. The summed E-state index contributed by atoms with van der Waals surface area (Å²) >= 11 is 6.80. The predicted octanol–water partition coefficient (Wildman–Crippen LogP) is 2.88. The van der Waals surface area contributed by atoms with Crippen molar-refractivity contribution in [2.45, 2.75) is 45.1 Å². The van der Waals surface area contributed by atoms with E-state index in [0.29, 0.717) is 4.32 Å². The molecular weight excluding hydrogens is 286 g/mol. The van der Waals surface area contributed by atoms with Crippen LogP contribution in [0.2, 0.25) is 0 Å². The minimum Gasteiger partial charge on any atom is -0.364 e. The van der Waals surface area contributed by atoms with E-state index in [2.05, 4.69) is 12.2 Å².